The number of carbonyl (C=O) groups excluding carboxylic acids is 1. The van der Waals surface area contributed by atoms with Crippen LogP contribution in [0.3, 0.4) is 0 Å². The van der Waals surface area contributed by atoms with Gasteiger partial charge in [-0.1, -0.05) is 11.6 Å². The molecule has 2 heterocycles. The fraction of sp³-hybridized carbons (Fsp3) is 0.0667. The van der Waals surface area contributed by atoms with Gasteiger partial charge >= 0.3 is 0 Å². The summed E-state index contributed by atoms with van der Waals surface area (Å²) < 4.78 is 40.8. The average molecular weight is 368 g/mol. The van der Waals surface area contributed by atoms with E-state index in [1.54, 1.807) is 0 Å². The van der Waals surface area contributed by atoms with Crippen LogP contribution in [0, 0.1) is 17.5 Å². The SMILES string of the molecule is O=C(Nc1cn(Cc2cc(F)c(F)c(F)c2)cn1)c1ccc(Cl)nn1. The molecule has 1 N–H and O–H groups in total. The van der Waals surface area contributed by atoms with Crippen LogP contribution < -0.4 is 5.32 Å². The first kappa shape index (κ1) is 16.9. The van der Waals surface area contributed by atoms with Gasteiger partial charge in [0.2, 0.25) is 0 Å². The number of halogens is 4. The average Bonchev–Trinajstić information content (AvgIpc) is 3.00. The van der Waals surface area contributed by atoms with Crippen LogP contribution in [0.4, 0.5) is 19.0 Å². The molecule has 0 fully saturated rings. The number of nitrogens with one attached hydrogen (secondary N) is 1. The highest BCUT2D eigenvalue weighted by molar-refractivity contribution is 6.29. The van der Waals surface area contributed by atoms with E-state index in [0.717, 1.165) is 12.1 Å². The molecular weight excluding hydrogens is 359 g/mol. The first-order valence-electron chi connectivity index (χ1n) is 6.88. The zero-order valence-electron chi connectivity index (χ0n) is 12.4. The predicted molar refractivity (Wildman–Crippen MR) is 82.6 cm³/mol. The molecule has 0 atom stereocenters. The Labute approximate surface area is 144 Å². The maximum atomic E-state index is 13.2. The molecule has 128 valence electrons. The van der Waals surface area contributed by atoms with Crippen molar-refractivity contribution in [2.24, 2.45) is 0 Å². The summed E-state index contributed by atoms with van der Waals surface area (Å²) >= 11 is 5.59. The van der Waals surface area contributed by atoms with Gasteiger partial charge in [0.05, 0.1) is 6.33 Å². The Morgan fingerprint density at radius 2 is 1.88 bits per heavy atom. The van der Waals surface area contributed by atoms with E-state index < -0.39 is 23.4 Å². The van der Waals surface area contributed by atoms with Crippen LogP contribution in [0.5, 0.6) is 0 Å². The van der Waals surface area contributed by atoms with Crippen LogP contribution in [0.1, 0.15) is 16.1 Å². The van der Waals surface area contributed by atoms with Crippen molar-refractivity contribution < 1.29 is 18.0 Å². The van der Waals surface area contributed by atoms with E-state index in [4.69, 9.17) is 11.6 Å². The molecule has 2 aromatic heterocycles. The second-order valence-electron chi connectivity index (χ2n) is 5.00. The van der Waals surface area contributed by atoms with E-state index in [0.29, 0.717) is 0 Å². The molecule has 0 unspecified atom stereocenters. The predicted octanol–water partition coefficient (Wildman–Crippen LogP) is 3.04. The van der Waals surface area contributed by atoms with Crippen LogP contribution in [0.2, 0.25) is 5.15 Å². The monoisotopic (exact) mass is 367 g/mol. The number of carbonyl (C=O) groups is 1. The van der Waals surface area contributed by atoms with Crippen molar-refractivity contribution in [2.45, 2.75) is 6.54 Å². The number of hydrogen-bond acceptors (Lipinski definition) is 4. The van der Waals surface area contributed by atoms with Crippen molar-refractivity contribution in [3.8, 4) is 0 Å². The molecule has 0 spiro atoms. The summed E-state index contributed by atoms with van der Waals surface area (Å²) in [4.78, 5) is 15.9. The van der Waals surface area contributed by atoms with E-state index >= 15 is 0 Å². The Morgan fingerprint density at radius 3 is 2.52 bits per heavy atom. The van der Waals surface area contributed by atoms with Gasteiger partial charge in [-0.05, 0) is 29.8 Å². The number of anilines is 1. The Balaban J connectivity index is 1.70. The van der Waals surface area contributed by atoms with Crippen LogP contribution in [0.15, 0.2) is 36.8 Å². The summed E-state index contributed by atoms with van der Waals surface area (Å²) in [5.41, 5.74) is 0.247. The molecule has 0 saturated heterocycles. The molecule has 0 bridgehead atoms. The highest BCUT2D eigenvalue weighted by Gasteiger charge is 2.12. The number of amides is 1. The Hall–Kier alpha value is -2.94. The molecule has 6 nitrogen and oxygen atoms in total. The minimum absolute atomic E-state index is 0.0394. The zero-order chi connectivity index (χ0) is 18.0. The van der Waals surface area contributed by atoms with Crippen LogP contribution >= 0.6 is 11.6 Å². The van der Waals surface area contributed by atoms with E-state index in [9.17, 15) is 18.0 Å². The van der Waals surface area contributed by atoms with Crippen LogP contribution in [0.25, 0.3) is 0 Å². The molecule has 0 radical (unpaired) electrons. The molecular formula is C15H9ClF3N5O. The maximum absolute atomic E-state index is 13.2. The summed E-state index contributed by atoms with van der Waals surface area (Å²) in [6, 6.07) is 4.59. The third-order valence-electron chi connectivity index (χ3n) is 3.15. The van der Waals surface area contributed by atoms with Gasteiger partial charge in [-0.15, -0.1) is 10.2 Å². The number of benzene rings is 1. The van der Waals surface area contributed by atoms with Gasteiger partial charge in [-0.25, -0.2) is 18.2 Å². The van der Waals surface area contributed by atoms with Crippen molar-refractivity contribution in [1.29, 1.82) is 0 Å². The highest BCUT2D eigenvalue weighted by atomic mass is 35.5. The third kappa shape index (κ3) is 3.94. The Morgan fingerprint density at radius 1 is 1.16 bits per heavy atom. The lowest BCUT2D eigenvalue weighted by Crippen LogP contribution is -2.14. The number of aromatic nitrogens is 4. The zero-order valence-corrected chi connectivity index (χ0v) is 13.1. The summed E-state index contributed by atoms with van der Waals surface area (Å²) in [5.74, 6) is -4.42. The van der Waals surface area contributed by atoms with Gasteiger partial charge in [0.25, 0.3) is 5.91 Å². The summed E-state index contributed by atoms with van der Waals surface area (Å²) in [5, 5.41) is 9.83. The van der Waals surface area contributed by atoms with Crippen molar-refractivity contribution in [3.63, 3.8) is 0 Å². The van der Waals surface area contributed by atoms with Gasteiger partial charge in [0.15, 0.2) is 34.1 Å². The number of imidazole rings is 1. The standard InChI is InChI=1S/C15H9ClF3N5O/c16-12-2-1-11(22-23-12)15(25)21-13-6-24(7-20-13)5-8-3-9(17)14(19)10(18)4-8/h1-4,6-7H,5H2,(H,21,25). The molecule has 0 saturated carbocycles. The van der Waals surface area contributed by atoms with E-state index in [1.165, 1.54) is 29.2 Å². The quantitative estimate of drug-likeness (QED) is 0.719. The molecule has 3 rings (SSSR count). The third-order valence-corrected chi connectivity index (χ3v) is 3.35. The van der Waals surface area contributed by atoms with Crippen molar-refractivity contribution in [2.75, 3.05) is 5.32 Å². The maximum Gasteiger partial charge on any atom is 0.277 e. The largest absolute Gasteiger partial charge is 0.331 e. The Kier molecular flexibility index (Phi) is 4.66. The number of rotatable bonds is 4. The second-order valence-corrected chi connectivity index (χ2v) is 5.39. The van der Waals surface area contributed by atoms with Gasteiger partial charge in [0.1, 0.15) is 0 Å². The molecule has 1 amide bonds. The summed E-state index contributed by atoms with van der Waals surface area (Å²) in [7, 11) is 0. The molecule has 1 aromatic carbocycles. The molecule has 10 heteroatoms. The van der Waals surface area contributed by atoms with Gasteiger partial charge in [0, 0.05) is 12.7 Å². The smallest absolute Gasteiger partial charge is 0.277 e. The van der Waals surface area contributed by atoms with E-state index in [-0.39, 0.29) is 28.8 Å². The fourth-order valence-electron chi connectivity index (χ4n) is 2.04. The minimum atomic E-state index is -1.52. The van der Waals surface area contributed by atoms with Crippen molar-refractivity contribution in [3.05, 3.63) is 70.7 Å². The normalized spacial score (nSPS) is 10.7. The lowest BCUT2D eigenvalue weighted by Gasteiger charge is -2.04. The lowest BCUT2D eigenvalue weighted by atomic mass is 10.2. The molecule has 0 aliphatic carbocycles. The molecule has 25 heavy (non-hydrogen) atoms. The van der Waals surface area contributed by atoms with Crippen molar-refractivity contribution in [1.82, 2.24) is 19.7 Å². The molecule has 0 aliphatic rings. The number of hydrogen-bond donors (Lipinski definition) is 1. The molecule has 0 aliphatic heterocycles. The lowest BCUT2D eigenvalue weighted by molar-refractivity contribution is 0.102. The van der Waals surface area contributed by atoms with Gasteiger partial charge in [-0.3, -0.25) is 4.79 Å². The topological polar surface area (TPSA) is 72.7 Å². The molecule has 3 aromatic rings. The second kappa shape index (κ2) is 6.89. The Bertz CT molecular complexity index is 906. The van der Waals surface area contributed by atoms with E-state index in [1.807, 2.05) is 0 Å². The first-order chi connectivity index (χ1) is 11.9. The summed E-state index contributed by atoms with van der Waals surface area (Å²) in [6.45, 7) is 0.0394. The highest BCUT2D eigenvalue weighted by Crippen LogP contribution is 2.15. The summed E-state index contributed by atoms with van der Waals surface area (Å²) in [6.07, 6.45) is 2.79. The van der Waals surface area contributed by atoms with Gasteiger partial charge in [-0.2, -0.15) is 0 Å². The number of nitrogens with zero attached hydrogens (tertiary/aromatic N) is 4. The van der Waals surface area contributed by atoms with Gasteiger partial charge < -0.3 is 9.88 Å². The van der Waals surface area contributed by atoms with Crippen LogP contribution in [-0.2, 0) is 6.54 Å². The van der Waals surface area contributed by atoms with Crippen LogP contribution in [-0.4, -0.2) is 25.7 Å². The first-order valence-corrected chi connectivity index (χ1v) is 7.26. The van der Waals surface area contributed by atoms with Crippen molar-refractivity contribution >= 4 is 23.3 Å². The fourth-order valence-corrected chi connectivity index (χ4v) is 2.14. The van der Waals surface area contributed by atoms with E-state index in [2.05, 4.69) is 20.5 Å². The minimum Gasteiger partial charge on any atom is -0.331 e.